The van der Waals surface area contributed by atoms with Crippen LogP contribution in [0.2, 0.25) is 0 Å². The lowest BCUT2D eigenvalue weighted by molar-refractivity contribution is -0.145. The number of rotatable bonds is 4. The molecule has 1 unspecified atom stereocenters. The zero-order valence-electron chi connectivity index (χ0n) is 9.13. The largest absolute Gasteiger partial charge is 0.465 e. The fraction of sp³-hybridized carbons (Fsp3) is 0.900. The Morgan fingerprint density at radius 2 is 2.14 bits per heavy atom. The van der Waals surface area contributed by atoms with Crippen LogP contribution >= 0.6 is 11.8 Å². The van der Waals surface area contributed by atoms with Crippen LogP contribution in [0.15, 0.2) is 0 Å². The smallest absolute Gasteiger partial charge is 0.324 e. The predicted octanol–water partition coefficient (Wildman–Crippen LogP) is 1.77. The molecule has 3 nitrogen and oxygen atoms in total. The summed E-state index contributed by atoms with van der Waals surface area (Å²) >= 11 is 1.84. The first kappa shape index (κ1) is 11.9. The average Bonchev–Trinajstić information content (AvgIpc) is 2.63. The molecule has 0 aliphatic carbocycles. The van der Waals surface area contributed by atoms with E-state index in [4.69, 9.17) is 4.74 Å². The van der Waals surface area contributed by atoms with E-state index in [2.05, 4.69) is 19.2 Å². The molecule has 4 heteroatoms. The average molecular weight is 217 g/mol. The second-order valence-electron chi connectivity index (χ2n) is 3.46. The van der Waals surface area contributed by atoms with Crippen molar-refractivity contribution in [2.24, 2.45) is 0 Å². The van der Waals surface area contributed by atoms with Gasteiger partial charge >= 0.3 is 5.97 Å². The molecule has 1 N–H and O–H groups in total. The molecule has 1 saturated heterocycles. The van der Waals surface area contributed by atoms with E-state index < -0.39 is 0 Å². The number of thioether (sulfide) groups is 1. The van der Waals surface area contributed by atoms with Gasteiger partial charge in [-0.25, -0.2) is 0 Å². The SMILES string of the molecule is CCOC(=O)C1CSC(CC)(CC)N1. The van der Waals surface area contributed by atoms with Gasteiger partial charge in [-0.3, -0.25) is 10.1 Å². The first-order valence-electron chi connectivity index (χ1n) is 5.25. The summed E-state index contributed by atoms with van der Waals surface area (Å²) in [5, 5.41) is 3.38. The van der Waals surface area contributed by atoms with Gasteiger partial charge in [0.2, 0.25) is 0 Å². The molecule has 1 fully saturated rings. The van der Waals surface area contributed by atoms with Crippen LogP contribution in [0.3, 0.4) is 0 Å². The Labute approximate surface area is 90.0 Å². The highest BCUT2D eigenvalue weighted by Crippen LogP contribution is 2.36. The molecule has 0 radical (unpaired) electrons. The standard InChI is InChI=1S/C10H19NO2S/c1-4-10(5-2)11-8(7-14-10)9(12)13-6-3/h8,11H,4-7H2,1-3H3. The van der Waals surface area contributed by atoms with Gasteiger partial charge in [-0.15, -0.1) is 11.8 Å². The molecule has 82 valence electrons. The summed E-state index contributed by atoms with van der Waals surface area (Å²) in [6.45, 7) is 6.61. The quantitative estimate of drug-likeness (QED) is 0.728. The van der Waals surface area contributed by atoms with Crippen molar-refractivity contribution in [3.8, 4) is 0 Å². The van der Waals surface area contributed by atoms with Crippen molar-refractivity contribution in [3.05, 3.63) is 0 Å². The maximum absolute atomic E-state index is 11.5. The second-order valence-corrected chi connectivity index (χ2v) is 4.86. The third-order valence-electron chi connectivity index (χ3n) is 2.68. The Morgan fingerprint density at radius 3 is 2.57 bits per heavy atom. The Bertz CT molecular complexity index is 204. The van der Waals surface area contributed by atoms with Gasteiger partial charge in [-0.05, 0) is 19.8 Å². The van der Waals surface area contributed by atoms with Crippen LogP contribution in [0.1, 0.15) is 33.6 Å². The number of carbonyl (C=O) groups is 1. The van der Waals surface area contributed by atoms with Gasteiger partial charge in [0.1, 0.15) is 6.04 Å². The Balaban J connectivity index is 2.51. The molecule has 0 amide bonds. The van der Waals surface area contributed by atoms with Gasteiger partial charge in [0, 0.05) is 5.75 Å². The number of ether oxygens (including phenoxy) is 1. The molecule has 0 bridgehead atoms. The lowest BCUT2D eigenvalue weighted by Crippen LogP contribution is -2.45. The summed E-state index contributed by atoms with van der Waals surface area (Å²) in [5.41, 5.74) is 0. The normalized spacial score (nSPS) is 24.9. The third-order valence-corrected chi connectivity index (χ3v) is 4.42. The molecule has 1 heterocycles. The minimum absolute atomic E-state index is 0.0947. The van der Waals surface area contributed by atoms with Crippen molar-refractivity contribution >= 4 is 17.7 Å². The molecule has 0 spiro atoms. The highest BCUT2D eigenvalue weighted by Gasteiger charge is 2.39. The summed E-state index contributed by atoms with van der Waals surface area (Å²) < 4.78 is 4.99. The number of hydrogen-bond acceptors (Lipinski definition) is 4. The van der Waals surface area contributed by atoms with Crippen molar-refractivity contribution < 1.29 is 9.53 Å². The monoisotopic (exact) mass is 217 g/mol. The van der Waals surface area contributed by atoms with Crippen LogP contribution in [0.5, 0.6) is 0 Å². The number of esters is 1. The third kappa shape index (κ3) is 2.42. The highest BCUT2D eigenvalue weighted by molar-refractivity contribution is 8.00. The van der Waals surface area contributed by atoms with Gasteiger partial charge in [0.15, 0.2) is 0 Å². The van der Waals surface area contributed by atoms with E-state index in [1.807, 2.05) is 18.7 Å². The summed E-state index contributed by atoms with van der Waals surface area (Å²) in [5.74, 6) is 0.726. The van der Waals surface area contributed by atoms with Gasteiger partial charge in [-0.2, -0.15) is 0 Å². The highest BCUT2D eigenvalue weighted by atomic mass is 32.2. The first-order chi connectivity index (χ1) is 6.67. The van der Waals surface area contributed by atoms with E-state index in [1.165, 1.54) is 0 Å². The van der Waals surface area contributed by atoms with Crippen LogP contribution in [0, 0.1) is 0 Å². The van der Waals surface area contributed by atoms with Gasteiger partial charge in [-0.1, -0.05) is 13.8 Å². The molecule has 14 heavy (non-hydrogen) atoms. The maximum atomic E-state index is 11.5. The Morgan fingerprint density at radius 1 is 1.50 bits per heavy atom. The van der Waals surface area contributed by atoms with E-state index in [0.717, 1.165) is 18.6 Å². The molecule has 1 aliphatic rings. The Hall–Kier alpha value is -0.220. The van der Waals surface area contributed by atoms with Gasteiger partial charge in [0.25, 0.3) is 0 Å². The van der Waals surface area contributed by atoms with E-state index in [1.54, 1.807) is 0 Å². The van der Waals surface area contributed by atoms with E-state index in [9.17, 15) is 4.79 Å². The minimum Gasteiger partial charge on any atom is -0.465 e. The van der Waals surface area contributed by atoms with Crippen LogP contribution in [-0.4, -0.2) is 29.2 Å². The second kappa shape index (κ2) is 5.03. The molecule has 0 aromatic carbocycles. The molecular formula is C10H19NO2S. The summed E-state index contributed by atoms with van der Waals surface area (Å²) in [7, 11) is 0. The van der Waals surface area contributed by atoms with Crippen molar-refractivity contribution in [2.45, 2.75) is 44.5 Å². The molecule has 0 aromatic rings. The number of hydrogen-bond donors (Lipinski definition) is 1. The molecular weight excluding hydrogens is 198 g/mol. The minimum atomic E-state index is -0.111. The molecule has 1 aliphatic heterocycles. The first-order valence-corrected chi connectivity index (χ1v) is 6.24. The number of carbonyl (C=O) groups excluding carboxylic acids is 1. The molecule has 1 atom stereocenters. The fourth-order valence-electron chi connectivity index (χ4n) is 1.67. The fourth-order valence-corrected chi connectivity index (χ4v) is 3.01. The van der Waals surface area contributed by atoms with Crippen LogP contribution in [0.4, 0.5) is 0 Å². The molecule has 1 rings (SSSR count). The van der Waals surface area contributed by atoms with Crippen LogP contribution in [-0.2, 0) is 9.53 Å². The van der Waals surface area contributed by atoms with E-state index in [0.29, 0.717) is 6.61 Å². The lowest BCUT2D eigenvalue weighted by Gasteiger charge is -2.26. The lowest BCUT2D eigenvalue weighted by atomic mass is 10.1. The zero-order valence-corrected chi connectivity index (χ0v) is 9.95. The predicted molar refractivity (Wildman–Crippen MR) is 59.3 cm³/mol. The van der Waals surface area contributed by atoms with E-state index >= 15 is 0 Å². The topological polar surface area (TPSA) is 38.3 Å². The van der Waals surface area contributed by atoms with E-state index in [-0.39, 0.29) is 16.9 Å². The summed E-state index contributed by atoms with van der Waals surface area (Å²) in [6, 6.07) is -0.111. The summed E-state index contributed by atoms with van der Waals surface area (Å²) in [6.07, 6.45) is 2.09. The molecule has 0 saturated carbocycles. The van der Waals surface area contributed by atoms with Gasteiger partial charge < -0.3 is 4.74 Å². The van der Waals surface area contributed by atoms with Crippen molar-refractivity contribution in [2.75, 3.05) is 12.4 Å². The van der Waals surface area contributed by atoms with Crippen molar-refractivity contribution in [1.29, 1.82) is 0 Å². The van der Waals surface area contributed by atoms with Crippen molar-refractivity contribution in [3.63, 3.8) is 0 Å². The van der Waals surface area contributed by atoms with Crippen molar-refractivity contribution in [1.82, 2.24) is 5.32 Å². The summed E-state index contributed by atoms with van der Waals surface area (Å²) in [4.78, 5) is 11.6. The van der Waals surface area contributed by atoms with Gasteiger partial charge in [0.05, 0.1) is 11.5 Å². The Kier molecular flexibility index (Phi) is 4.26. The zero-order chi connectivity index (χ0) is 10.6. The van der Waals surface area contributed by atoms with Crippen LogP contribution < -0.4 is 5.32 Å². The maximum Gasteiger partial charge on any atom is 0.324 e. The van der Waals surface area contributed by atoms with Crippen LogP contribution in [0.25, 0.3) is 0 Å². The number of nitrogens with one attached hydrogen (secondary N) is 1. The molecule has 0 aromatic heterocycles.